The Morgan fingerprint density at radius 3 is 1.02 bits per heavy atom. The Balaban J connectivity index is 0.000000544. The van der Waals surface area contributed by atoms with Gasteiger partial charge in [-0.1, -0.05) is 193 Å². The molecule has 14 nitrogen and oxygen atoms in total. The van der Waals surface area contributed by atoms with Crippen LogP contribution in [-0.2, 0) is 51.9 Å². The second kappa shape index (κ2) is 43.2. The van der Waals surface area contributed by atoms with Gasteiger partial charge in [-0.25, -0.2) is 8.78 Å². The minimum atomic E-state index is -0.473. The van der Waals surface area contributed by atoms with E-state index in [9.17, 15) is 28.0 Å². The lowest BCUT2D eigenvalue weighted by atomic mass is 10.1. The standard InChI is InChI=1S/C14H20Cl2N2.C14H22N2O.C13H19BrN2O.C13H18ClFN2O.C13H19FN2O/c1-10(2)11(3)18(7-6-17)9-12-4-5-13(15)14(16)8-12;1-11(2)14(17)16(9-8-15)10-13-6-4-12(3)5-7-13;1-10(2)13(17)16(8-7-15)9-11-3-5-12(14)6-4-11;1-9(2)13(18)17(6-5-16)8-10-3-4-11(14)12(15)7-10;1-10(2)13(17)16(8-7-15)9-11-3-5-12(14)6-4-11/h4-5,8,10H,3,6-7,9,17H2,1-2H3;4-7,11H,8-10,15H2,1-3H3;3-6,10H,7-9,15H2,1-2H3;3-4,7,9H,5-6,8,16H2,1-2H3;3-6,10H,7-9,15H2,1-2H3. The van der Waals surface area contributed by atoms with Crippen LogP contribution < -0.4 is 28.7 Å². The first-order valence-corrected chi connectivity index (χ1v) is 31.5. The van der Waals surface area contributed by atoms with E-state index in [1.54, 1.807) is 28.0 Å². The van der Waals surface area contributed by atoms with Crippen molar-refractivity contribution in [1.29, 1.82) is 0 Å². The summed E-state index contributed by atoms with van der Waals surface area (Å²) in [5.41, 5.74) is 35.0. The van der Waals surface area contributed by atoms with Crippen LogP contribution in [0.5, 0.6) is 0 Å². The van der Waals surface area contributed by atoms with Gasteiger partial charge in [0.1, 0.15) is 11.6 Å². The number of amides is 4. The number of benzene rings is 5. The summed E-state index contributed by atoms with van der Waals surface area (Å²) in [5, 5.41) is 1.24. The largest absolute Gasteiger partial charge is 0.369 e. The van der Waals surface area contributed by atoms with Crippen molar-refractivity contribution < 1.29 is 28.0 Å². The molecule has 0 aliphatic rings. The molecule has 0 atom stereocenters. The van der Waals surface area contributed by atoms with Crippen LogP contribution >= 0.6 is 50.7 Å². The fourth-order valence-corrected chi connectivity index (χ4v) is 8.95. The Morgan fingerprint density at radius 2 is 0.701 bits per heavy atom. The summed E-state index contributed by atoms with van der Waals surface area (Å²) in [4.78, 5) is 56.9. The van der Waals surface area contributed by atoms with Crippen molar-refractivity contribution in [1.82, 2.24) is 24.5 Å². The van der Waals surface area contributed by atoms with Crippen molar-refractivity contribution in [3.8, 4) is 0 Å². The van der Waals surface area contributed by atoms with Crippen molar-refractivity contribution in [3.05, 3.63) is 186 Å². The first-order valence-electron chi connectivity index (χ1n) is 29.6. The molecule has 0 fully saturated rings. The number of rotatable bonds is 26. The SMILES string of the molecule is C=C(C(C)C)N(CCN)Cc1ccc(Cl)c(Cl)c1.CC(C)C(=O)N(CCN)Cc1ccc(Br)cc1.CC(C)C(=O)N(CCN)Cc1ccc(Cl)c(F)c1.CC(C)C(=O)N(CCN)Cc1ccc(F)cc1.Cc1ccc(CN(CCN)C(=O)C(C)C)cc1. The lowest BCUT2D eigenvalue weighted by Gasteiger charge is -2.28. The van der Waals surface area contributed by atoms with Crippen LogP contribution in [0.25, 0.3) is 0 Å². The zero-order valence-electron chi connectivity index (χ0n) is 53.1. The number of carbonyl (C=O) groups excluding carboxylic acids is 4. The molecule has 0 saturated carbocycles. The molecule has 0 heterocycles. The molecule has 10 N–H and O–H groups in total. The molecule has 0 aromatic heterocycles. The van der Waals surface area contributed by atoms with Gasteiger partial charge in [0.25, 0.3) is 0 Å². The fraction of sp³-hybridized carbons (Fsp3) is 0.463. The fourth-order valence-electron chi connectivity index (χ4n) is 8.25. The minimum absolute atomic E-state index is 0.0100. The Morgan fingerprint density at radius 1 is 0.414 bits per heavy atom. The third kappa shape index (κ3) is 31.5. The number of hydrogen-bond donors (Lipinski definition) is 5. The van der Waals surface area contributed by atoms with E-state index < -0.39 is 5.82 Å². The summed E-state index contributed by atoms with van der Waals surface area (Å²) >= 11 is 20.9. The predicted molar refractivity (Wildman–Crippen MR) is 360 cm³/mol. The van der Waals surface area contributed by atoms with Crippen LogP contribution in [0, 0.1) is 48.1 Å². The topological polar surface area (TPSA) is 215 Å². The number of halogens is 6. The molecule has 0 bridgehead atoms. The molecular formula is C67H98BrCl3F2N10O4. The highest BCUT2D eigenvalue weighted by molar-refractivity contribution is 9.10. The van der Waals surface area contributed by atoms with Gasteiger partial charge in [-0.3, -0.25) is 19.2 Å². The van der Waals surface area contributed by atoms with Crippen LogP contribution in [0.2, 0.25) is 15.1 Å². The van der Waals surface area contributed by atoms with Gasteiger partial charge in [-0.2, -0.15) is 0 Å². The molecule has 20 heteroatoms. The lowest BCUT2D eigenvalue weighted by Crippen LogP contribution is -2.37. The van der Waals surface area contributed by atoms with Crippen LogP contribution in [0.15, 0.2) is 126 Å². The highest BCUT2D eigenvalue weighted by Gasteiger charge is 2.20. The molecule has 0 spiro atoms. The van der Waals surface area contributed by atoms with E-state index in [1.807, 2.05) is 108 Å². The van der Waals surface area contributed by atoms with Gasteiger partial charge >= 0.3 is 0 Å². The van der Waals surface area contributed by atoms with Crippen LogP contribution in [-0.4, -0.2) is 114 Å². The third-order valence-electron chi connectivity index (χ3n) is 13.1. The van der Waals surface area contributed by atoms with Gasteiger partial charge in [0, 0.05) is 132 Å². The van der Waals surface area contributed by atoms with Gasteiger partial charge < -0.3 is 53.2 Å². The number of nitrogens with zero attached hydrogens (tertiary/aromatic N) is 5. The van der Waals surface area contributed by atoms with Crippen molar-refractivity contribution >= 4 is 74.4 Å². The van der Waals surface area contributed by atoms with E-state index in [4.69, 9.17) is 63.5 Å². The van der Waals surface area contributed by atoms with Crippen molar-refractivity contribution in [3.63, 3.8) is 0 Å². The smallest absolute Gasteiger partial charge is 0.225 e. The highest BCUT2D eigenvalue weighted by atomic mass is 79.9. The minimum Gasteiger partial charge on any atom is -0.369 e. The molecule has 482 valence electrons. The van der Waals surface area contributed by atoms with Crippen LogP contribution in [0.1, 0.15) is 103 Å². The maximum absolute atomic E-state index is 13.3. The van der Waals surface area contributed by atoms with E-state index in [1.165, 1.54) is 29.8 Å². The van der Waals surface area contributed by atoms with Crippen LogP contribution in [0.3, 0.4) is 0 Å². The molecule has 5 aromatic carbocycles. The van der Waals surface area contributed by atoms with Crippen LogP contribution in [0.4, 0.5) is 8.78 Å². The summed E-state index contributed by atoms with van der Waals surface area (Å²) in [5.74, 6) is -0.0721. The molecular weight excluding hydrogens is 1230 g/mol. The lowest BCUT2D eigenvalue weighted by molar-refractivity contribution is -0.135. The number of nitrogens with two attached hydrogens (primary N) is 5. The zero-order chi connectivity index (χ0) is 65.9. The first-order chi connectivity index (χ1) is 41.0. The molecule has 0 aliphatic carbocycles. The Bertz CT molecular complexity index is 2560. The Labute approximate surface area is 542 Å². The molecule has 0 aliphatic heterocycles. The van der Waals surface area contributed by atoms with Gasteiger partial charge in [-0.05, 0) is 89.2 Å². The molecule has 87 heavy (non-hydrogen) atoms. The van der Waals surface area contributed by atoms with Gasteiger partial charge in [0.15, 0.2) is 0 Å². The molecule has 5 rings (SSSR count). The molecule has 5 aromatic rings. The Hall–Kier alpha value is -5.47. The summed E-state index contributed by atoms with van der Waals surface area (Å²) in [7, 11) is 0. The van der Waals surface area contributed by atoms with Crippen molar-refractivity contribution in [2.75, 3.05) is 65.4 Å². The van der Waals surface area contributed by atoms with Gasteiger partial charge in [-0.15, -0.1) is 0 Å². The van der Waals surface area contributed by atoms with Crippen molar-refractivity contribution in [2.45, 2.75) is 109 Å². The van der Waals surface area contributed by atoms with Crippen molar-refractivity contribution in [2.24, 2.45) is 58.3 Å². The first kappa shape index (κ1) is 79.5. The molecule has 0 saturated heterocycles. The second-order valence-corrected chi connectivity index (χ2v) is 24.5. The average Bonchev–Trinajstić information content (AvgIpc) is 3.70. The summed E-state index contributed by atoms with van der Waals surface area (Å²) in [6, 6.07) is 32.7. The quantitative estimate of drug-likeness (QED) is 0.0353. The highest BCUT2D eigenvalue weighted by Crippen LogP contribution is 2.25. The summed E-state index contributed by atoms with van der Waals surface area (Å²) in [6.45, 7) is 33.7. The number of hydrogen-bond acceptors (Lipinski definition) is 10. The number of carbonyl (C=O) groups is 4. The van der Waals surface area contributed by atoms with Gasteiger partial charge in [0.05, 0.1) is 15.1 Å². The molecule has 0 unspecified atom stereocenters. The predicted octanol–water partition coefficient (Wildman–Crippen LogP) is 12.4. The van der Waals surface area contributed by atoms with E-state index >= 15 is 0 Å². The third-order valence-corrected chi connectivity index (χ3v) is 14.6. The van der Waals surface area contributed by atoms with E-state index in [-0.39, 0.29) is 58.1 Å². The molecule has 4 amide bonds. The number of aryl methyl sites for hydroxylation is 1. The average molecular weight is 1330 g/mol. The monoisotopic (exact) mass is 1330 g/mol. The number of allylic oxidation sites excluding steroid dienone is 1. The van der Waals surface area contributed by atoms with E-state index in [2.05, 4.69) is 72.4 Å². The normalized spacial score (nSPS) is 10.7. The van der Waals surface area contributed by atoms with E-state index in [0.717, 1.165) is 45.5 Å². The molecule has 0 radical (unpaired) electrons. The Kier molecular flexibility index (Phi) is 39.5. The van der Waals surface area contributed by atoms with Gasteiger partial charge in [0.2, 0.25) is 23.6 Å². The maximum atomic E-state index is 13.3. The second-order valence-electron chi connectivity index (χ2n) is 22.4. The summed E-state index contributed by atoms with van der Waals surface area (Å²) in [6.07, 6.45) is 0. The van der Waals surface area contributed by atoms with E-state index in [0.29, 0.717) is 107 Å². The zero-order valence-corrected chi connectivity index (χ0v) is 57.0. The summed E-state index contributed by atoms with van der Waals surface area (Å²) < 4.78 is 27.1. The maximum Gasteiger partial charge on any atom is 0.225 e.